The van der Waals surface area contributed by atoms with Crippen molar-refractivity contribution in [2.24, 2.45) is 5.73 Å². The number of benzene rings is 2. The molecule has 0 saturated heterocycles. The van der Waals surface area contributed by atoms with Crippen LogP contribution in [0.1, 0.15) is 25.0 Å². The van der Waals surface area contributed by atoms with Gasteiger partial charge in [-0.2, -0.15) is 0 Å². The molecule has 0 fully saturated rings. The van der Waals surface area contributed by atoms with Crippen molar-refractivity contribution in [3.05, 3.63) is 47.5 Å². The fraction of sp³-hybridized carbons (Fsp3) is 0.375. The zero-order valence-electron chi connectivity index (χ0n) is 11.5. The molecule has 96 valence electrons. The quantitative estimate of drug-likeness (QED) is 0.865. The summed E-state index contributed by atoms with van der Waals surface area (Å²) in [5.41, 5.74) is 8.31. The molecule has 0 unspecified atom stereocenters. The summed E-state index contributed by atoms with van der Waals surface area (Å²) in [4.78, 5) is 0. The molecule has 3 N–H and O–H groups in total. The first-order valence-electron chi connectivity index (χ1n) is 6.44. The largest absolute Gasteiger partial charge is 0.329 e. The molecule has 2 aromatic carbocycles. The molecular formula is C16H22N2. The molecular weight excluding hydrogens is 220 g/mol. The predicted molar refractivity (Wildman–Crippen MR) is 78.7 cm³/mol. The Morgan fingerprint density at radius 2 is 1.72 bits per heavy atom. The monoisotopic (exact) mass is 242 g/mol. The van der Waals surface area contributed by atoms with Gasteiger partial charge in [-0.25, -0.2) is 0 Å². The molecule has 0 atom stereocenters. The molecule has 0 heterocycles. The zero-order valence-corrected chi connectivity index (χ0v) is 11.5. The summed E-state index contributed by atoms with van der Waals surface area (Å²) in [5.74, 6) is 0. The minimum atomic E-state index is -0.0117. The van der Waals surface area contributed by atoms with Gasteiger partial charge in [0.15, 0.2) is 0 Å². The molecule has 0 bridgehead atoms. The van der Waals surface area contributed by atoms with Crippen LogP contribution >= 0.6 is 0 Å². The molecule has 2 aromatic rings. The molecule has 2 nitrogen and oxygen atoms in total. The van der Waals surface area contributed by atoms with Crippen LogP contribution in [0.25, 0.3) is 10.8 Å². The lowest BCUT2D eigenvalue weighted by molar-refractivity contribution is 0.397. The number of hydrogen-bond donors (Lipinski definition) is 2. The van der Waals surface area contributed by atoms with Crippen molar-refractivity contribution < 1.29 is 0 Å². The normalized spacial score (nSPS) is 12.0. The van der Waals surface area contributed by atoms with Crippen molar-refractivity contribution in [1.82, 2.24) is 5.32 Å². The number of nitrogens with two attached hydrogens (primary N) is 1. The van der Waals surface area contributed by atoms with Crippen molar-refractivity contribution in [3.8, 4) is 0 Å². The van der Waals surface area contributed by atoms with Crippen LogP contribution in [0.5, 0.6) is 0 Å². The lowest BCUT2D eigenvalue weighted by Gasteiger charge is -2.24. The minimum Gasteiger partial charge on any atom is -0.329 e. The number of aryl methyl sites for hydroxylation is 1. The highest BCUT2D eigenvalue weighted by Crippen LogP contribution is 2.18. The molecule has 18 heavy (non-hydrogen) atoms. The number of fused-ring (bicyclic) bond motifs is 1. The van der Waals surface area contributed by atoms with Gasteiger partial charge in [0.05, 0.1) is 0 Å². The van der Waals surface area contributed by atoms with Gasteiger partial charge in [0.2, 0.25) is 0 Å². The van der Waals surface area contributed by atoms with Crippen LogP contribution < -0.4 is 11.1 Å². The van der Waals surface area contributed by atoms with E-state index in [-0.39, 0.29) is 5.54 Å². The Kier molecular flexibility index (Phi) is 3.69. The summed E-state index contributed by atoms with van der Waals surface area (Å²) in [7, 11) is 0. The van der Waals surface area contributed by atoms with Crippen LogP contribution in [0.15, 0.2) is 36.4 Å². The van der Waals surface area contributed by atoms with Crippen molar-refractivity contribution in [2.75, 3.05) is 6.54 Å². The summed E-state index contributed by atoms with van der Waals surface area (Å²) in [6.07, 6.45) is 0. The number of nitrogens with one attached hydrogen (secondary N) is 1. The van der Waals surface area contributed by atoms with E-state index in [0.29, 0.717) is 6.54 Å². The Balaban J connectivity index is 2.18. The third-order valence-electron chi connectivity index (χ3n) is 3.34. The van der Waals surface area contributed by atoms with E-state index in [0.717, 1.165) is 6.54 Å². The first-order chi connectivity index (χ1) is 8.50. The fourth-order valence-electron chi connectivity index (χ4n) is 1.94. The van der Waals surface area contributed by atoms with Crippen molar-refractivity contribution in [3.63, 3.8) is 0 Å². The number of rotatable bonds is 4. The minimum absolute atomic E-state index is 0.0117. The van der Waals surface area contributed by atoms with E-state index in [1.54, 1.807) is 0 Å². The summed E-state index contributed by atoms with van der Waals surface area (Å²) in [6.45, 7) is 7.86. The second kappa shape index (κ2) is 5.09. The van der Waals surface area contributed by atoms with E-state index in [1.807, 2.05) is 0 Å². The topological polar surface area (TPSA) is 38.0 Å². The first-order valence-corrected chi connectivity index (χ1v) is 6.44. The maximum atomic E-state index is 5.72. The Morgan fingerprint density at radius 3 is 2.44 bits per heavy atom. The summed E-state index contributed by atoms with van der Waals surface area (Å²) in [5, 5.41) is 6.08. The van der Waals surface area contributed by atoms with E-state index in [9.17, 15) is 0 Å². The van der Waals surface area contributed by atoms with Crippen molar-refractivity contribution in [2.45, 2.75) is 32.9 Å². The molecule has 2 rings (SSSR count). The standard InChI is InChI=1S/C16H22N2/c1-12-4-6-15-9-13(5-7-14(15)8-12)10-18-16(2,3)11-17/h4-9,18H,10-11,17H2,1-3H3. The van der Waals surface area contributed by atoms with Gasteiger partial charge in [0.1, 0.15) is 0 Å². The van der Waals surface area contributed by atoms with Crippen molar-refractivity contribution >= 4 is 10.8 Å². The van der Waals surface area contributed by atoms with E-state index < -0.39 is 0 Å². The Hall–Kier alpha value is -1.38. The van der Waals surface area contributed by atoms with Gasteiger partial charge in [-0.05, 0) is 43.2 Å². The Labute approximate surface area is 109 Å². The van der Waals surface area contributed by atoms with E-state index in [1.165, 1.54) is 21.9 Å². The molecule has 0 aliphatic heterocycles. The van der Waals surface area contributed by atoms with E-state index in [2.05, 4.69) is 62.5 Å². The summed E-state index contributed by atoms with van der Waals surface area (Å²) in [6, 6.07) is 13.2. The highest BCUT2D eigenvalue weighted by Gasteiger charge is 2.13. The molecule has 0 saturated carbocycles. The van der Waals surface area contributed by atoms with Gasteiger partial charge >= 0.3 is 0 Å². The van der Waals surface area contributed by atoms with Gasteiger partial charge in [-0.3, -0.25) is 0 Å². The third kappa shape index (κ3) is 3.09. The van der Waals surface area contributed by atoms with Crippen LogP contribution in [-0.2, 0) is 6.54 Å². The number of hydrogen-bond acceptors (Lipinski definition) is 2. The van der Waals surface area contributed by atoms with Crippen LogP contribution in [-0.4, -0.2) is 12.1 Å². The van der Waals surface area contributed by atoms with Gasteiger partial charge in [-0.15, -0.1) is 0 Å². The average molecular weight is 242 g/mol. The average Bonchev–Trinajstić information content (AvgIpc) is 2.36. The molecule has 0 radical (unpaired) electrons. The zero-order chi connectivity index (χ0) is 13.2. The first kappa shape index (κ1) is 13.1. The molecule has 0 aromatic heterocycles. The third-order valence-corrected chi connectivity index (χ3v) is 3.34. The van der Waals surface area contributed by atoms with Crippen LogP contribution in [0, 0.1) is 6.92 Å². The van der Waals surface area contributed by atoms with E-state index in [4.69, 9.17) is 5.73 Å². The Bertz CT molecular complexity index is 544. The molecule has 2 heteroatoms. The SMILES string of the molecule is Cc1ccc2cc(CNC(C)(C)CN)ccc2c1. The lowest BCUT2D eigenvalue weighted by Crippen LogP contribution is -2.45. The van der Waals surface area contributed by atoms with Gasteiger partial charge in [-0.1, -0.05) is 35.9 Å². The van der Waals surface area contributed by atoms with Crippen LogP contribution in [0.3, 0.4) is 0 Å². The molecule has 0 amide bonds. The van der Waals surface area contributed by atoms with Gasteiger partial charge in [0, 0.05) is 18.6 Å². The van der Waals surface area contributed by atoms with Crippen molar-refractivity contribution in [1.29, 1.82) is 0 Å². The smallest absolute Gasteiger partial charge is 0.0250 e. The highest BCUT2D eigenvalue weighted by atomic mass is 15.0. The highest BCUT2D eigenvalue weighted by molar-refractivity contribution is 5.83. The summed E-state index contributed by atoms with van der Waals surface area (Å²) < 4.78 is 0. The second-order valence-corrected chi connectivity index (χ2v) is 5.63. The van der Waals surface area contributed by atoms with E-state index >= 15 is 0 Å². The second-order valence-electron chi connectivity index (χ2n) is 5.63. The van der Waals surface area contributed by atoms with Gasteiger partial charge in [0.25, 0.3) is 0 Å². The summed E-state index contributed by atoms with van der Waals surface area (Å²) >= 11 is 0. The van der Waals surface area contributed by atoms with Crippen LogP contribution in [0.4, 0.5) is 0 Å². The maximum Gasteiger partial charge on any atom is 0.0250 e. The van der Waals surface area contributed by atoms with Gasteiger partial charge < -0.3 is 11.1 Å². The lowest BCUT2D eigenvalue weighted by atomic mass is 10.0. The Morgan fingerprint density at radius 1 is 1.06 bits per heavy atom. The molecule has 0 aliphatic rings. The molecule has 0 aliphatic carbocycles. The maximum absolute atomic E-state index is 5.72. The molecule has 0 spiro atoms. The predicted octanol–water partition coefficient (Wildman–Crippen LogP) is 2.98. The van der Waals surface area contributed by atoms with Crippen LogP contribution in [0.2, 0.25) is 0 Å². The fourth-order valence-corrected chi connectivity index (χ4v) is 1.94.